The summed E-state index contributed by atoms with van der Waals surface area (Å²) in [5.41, 5.74) is 4.05. The SMILES string of the molecule is CC(=O)c1cccc(N2CCNc3ccc(Br)cc32)c1. The summed E-state index contributed by atoms with van der Waals surface area (Å²) in [4.78, 5) is 13.8. The van der Waals surface area contributed by atoms with Gasteiger partial charge in [0.05, 0.1) is 11.4 Å². The molecule has 0 radical (unpaired) electrons. The molecule has 0 amide bonds. The van der Waals surface area contributed by atoms with Crippen molar-refractivity contribution in [3.8, 4) is 0 Å². The number of hydrogen-bond donors (Lipinski definition) is 1. The van der Waals surface area contributed by atoms with Crippen molar-refractivity contribution in [2.24, 2.45) is 0 Å². The van der Waals surface area contributed by atoms with Crippen molar-refractivity contribution in [3.05, 3.63) is 52.5 Å². The Kier molecular flexibility index (Phi) is 3.49. The molecule has 0 bridgehead atoms. The smallest absolute Gasteiger partial charge is 0.159 e. The fourth-order valence-corrected chi connectivity index (χ4v) is 2.81. The van der Waals surface area contributed by atoms with Gasteiger partial charge >= 0.3 is 0 Å². The molecular weight excluding hydrogens is 316 g/mol. The maximum Gasteiger partial charge on any atom is 0.159 e. The predicted octanol–water partition coefficient (Wildman–Crippen LogP) is 4.22. The molecule has 2 aromatic rings. The van der Waals surface area contributed by atoms with E-state index < -0.39 is 0 Å². The van der Waals surface area contributed by atoms with E-state index in [0.717, 1.165) is 40.2 Å². The van der Waals surface area contributed by atoms with Crippen LogP contribution in [0, 0.1) is 0 Å². The molecule has 0 unspecified atom stereocenters. The largest absolute Gasteiger partial charge is 0.382 e. The highest BCUT2D eigenvalue weighted by atomic mass is 79.9. The van der Waals surface area contributed by atoms with Gasteiger partial charge in [0.15, 0.2) is 5.78 Å². The maximum absolute atomic E-state index is 11.5. The lowest BCUT2D eigenvalue weighted by Gasteiger charge is -2.32. The van der Waals surface area contributed by atoms with Gasteiger partial charge < -0.3 is 10.2 Å². The third-order valence-corrected chi connectivity index (χ3v) is 3.96. The van der Waals surface area contributed by atoms with E-state index in [4.69, 9.17) is 0 Å². The van der Waals surface area contributed by atoms with Gasteiger partial charge in [-0.3, -0.25) is 4.79 Å². The first-order chi connectivity index (χ1) is 9.65. The number of carbonyl (C=O) groups excluding carboxylic acids is 1. The Morgan fingerprint density at radius 1 is 1.25 bits per heavy atom. The highest BCUT2D eigenvalue weighted by Gasteiger charge is 2.18. The molecule has 4 heteroatoms. The van der Waals surface area contributed by atoms with E-state index in [1.54, 1.807) is 6.92 Å². The molecule has 1 heterocycles. The van der Waals surface area contributed by atoms with Crippen molar-refractivity contribution in [2.75, 3.05) is 23.3 Å². The van der Waals surface area contributed by atoms with Crippen LogP contribution >= 0.6 is 15.9 Å². The lowest BCUT2D eigenvalue weighted by molar-refractivity contribution is 0.101. The molecule has 1 N–H and O–H groups in total. The average molecular weight is 331 g/mol. The minimum Gasteiger partial charge on any atom is -0.382 e. The number of rotatable bonds is 2. The summed E-state index contributed by atoms with van der Waals surface area (Å²) < 4.78 is 1.05. The second-order valence-electron chi connectivity index (χ2n) is 4.85. The maximum atomic E-state index is 11.5. The van der Waals surface area contributed by atoms with E-state index in [-0.39, 0.29) is 5.78 Å². The van der Waals surface area contributed by atoms with Gasteiger partial charge in [0.2, 0.25) is 0 Å². The molecule has 20 heavy (non-hydrogen) atoms. The lowest BCUT2D eigenvalue weighted by Crippen LogP contribution is -2.30. The third kappa shape index (κ3) is 2.43. The normalized spacial score (nSPS) is 13.6. The summed E-state index contributed by atoms with van der Waals surface area (Å²) in [5, 5.41) is 3.40. The van der Waals surface area contributed by atoms with Crippen molar-refractivity contribution < 1.29 is 4.79 Å². The Morgan fingerprint density at radius 2 is 2.10 bits per heavy atom. The quantitative estimate of drug-likeness (QED) is 0.837. The van der Waals surface area contributed by atoms with Crippen LogP contribution in [-0.2, 0) is 0 Å². The van der Waals surface area contributed by atoms with E-state index in [2.05, 4.69) is 38.3 Å². The van der Waals surface area contributed by atoms with E-state index in [0.29, 0.717) is 0 Å². The van der Waals surface area contributed by atoms with E-state index >= 15 is 0 Å². The first kappa shape index (κ1) is 13.2. The topological polar surface area (TPSA) is 32.3 Å². The number of nitrogens with one attached hydrogen (secondary N) is 1. The summed E-state index contributed by atoms with van der Waals surface area (Å²) in [6, 6.07) is 14.0. The number of halogens is 1. The molecule has 0 aromatic heterocycles. The summed E-state index contributed by atoms with van der Waals surface area (Å²) in [6.45, 7) is 3.37. The molecule has 1 aliphatic heterocycles. The highest BCUT2D eigenvalue weighted by molar-refractivity contribution is 9.10. The molecule has 3 rings (SSSR count). The van der Waals surface area contributed by atoms with Gasteiger partial charge in [0, 0.05) is 28.8 Å². The van der Waals surface area contributed by atoms with Gasteiger partial charge in [-0.15, -0.1) is 0 Å². The monoisotopic (exact) mass is 330 g/mol. The van der Waals surface area contributed by atoms with Crippen molar-refractivity contribution >= 4 is 38.8 Å². The predicted molar refractivity (Wildman–Crippen MR) is 86.1 cm³/mol. The first-order valence-corrected chi connectivity index (χ1v) is 7.36. The molecule has 3 nitrogen and oxygen atoms in total. The standard InChI is InChI=1S/C16H15BrN2O/c1-11(20)12-3-2-4-14(9-12)19-8-7-18-15-6-5-13(17)10-16(15)19/h2-6,9-10,18H,7-8H2,1H3. The number of hydrogen-bond acceptors (Lipinski definition) is 3. The summed E-state index contributed by atoms with van der Waals surface area (Å²) in [5.74, 6) is 0.0939. The number of carbonyl (C=O) groups is 1. The van der Waals surface area contributed by atoms with Gasteiger partial charge in [0.25, 0.3) is 0 Å². The molecule has 0 saturated heterocycles. The van der Waals surface area contributed by atoms with Gasteiger partial charge in [-0.05, 0) is 37.3 Å². The highest BCUT2D eigenvalue weighted by Crippen LogP contribution is 2.36. The van der Waals surface area contributed by atoms with Crippen LogP contribution in [0.1, 0.15) is 17.3 Å². The first-order valence-electron chi connectivity index (χ1n) is 6.57. The van der Waals surface area contributed by atoms with Crippen LogP contribution in [0.5, 0.6) is 0 Å². The van der Waals surface area contributed by atoms with Gasteiger partial charge in [0.1, 0.15) is 0 Å². The van der Waals surface area contributed by atoms with Crippen LogP contribution in [0.3, 0.4) is 0 Å². The molecule has 0 fully saturated rings. The zero-order valence-electron chi connectivity index (χ0n) is 11.2. The fraction of sp³-hybridized carbons (Fsp3) is 0.188. The van der Waals surface area contributed by atoms with Gasteiger partial charge in [-0.2, -0.15) is 0 Å². The fourth-order valence-electron chi connectivity index (χ4n) is 2.46. The number of benzene rings is 2. The zero-order chi connectivity index (χ0) is 14.1. The minimum atomic E-state index is 0.0939. The Morgan fingerprint density at radius 3 is 2.90 bits per heavy atom. The van der Waals surface area contributed by atoms with E-state index in [9.17, 15) is 4.79 Å². The molecule has 102 valence electrons. The molecule has 0 spiro atoms. The number of fused-ring (bicyclic) bond motifs is 1. The molecule has 0 atom stereocenters. The lowest BCUT2D eigenvalue weighted by atomic mass is 10.1. The molecule has 2 aromatic carbocycles. The Bertz CT molecular complexity index is 669. The Labute approximate surface area is 126 Å². The average Bonchev–Trinajstić information content (AvgIpc) is 2.46. The Hall–Kier alpha value is -1.81. The summed E-state index contributed by atoms with van der Waals surface area (Å²) in [6.07, 6.45) is 0. The Balaban J connectivity index is 2.06. The number of Topliss-reactive ketones (excluding diaryl/α,β-unsaturated/α-hetero) is 1. The number of anilines is 3. The van der Waals surface area contributed by atoms with Gasteiger partial charge in [-0.25, -0.2) is 0 Å². The molecule has 0 aliphatic carbocycles. The van der Waals surface area contributed by atoms with Gasteiger partial charge in [-0.1, -0.05) is 28.1 Å². The third-order valence-electron chi connectivity index (χ3n) is 3.47. The second-order valence-corrected chi connectivity index (χ2v) is 5.76. The summed E-state index contributed by atoms with van der Waals surface area (Å²) in [7, 11) is 0. The van der Waals surface area contributed by atoms with E-state index in [1.165, 1.54) is 0 Å². The van der Waals surface area contributed by atoms with Crippen LogP contribution in [-0.4, -0.2) is 18.9 Å². The van der Waals surface area contributed by atoms with Crippen molar-refractivity contribution in [1.29, 1.82) is 0 Å². The van der Waals surface area contributed by atoms with Crippen LogP contribution in [0.15, 0.2) is 46.9 Å². The molecule has 1 aliphatic rings. The van der Waals surface area contributed by atoms with E-state index in [1.807, 2.05) is 30.3 Å². The van der Waals surface area contributed by atoms with Crippen LogP contribution < -0.4 is 10.2 Å². The number of ketones is 1. The molecular formula is C16H15BrN2O. The second kappa shape index (κ2) is 5.29. The van der Waals surface area contributed by atoms with Crippen LogP contribution in [0.2, 0.25) is 0 Å². The van der Waals surface area contributed by atoms with Crippen molar-refractivity contribution in [1.82, 2.24) is 0 Å². The van der Waals surface area contributed by atoms with Crippen LogP contribution in [0.4, 0.5) is 17.1 Å². The molecule has 0 saturated carbocycles. The van der Waals surface area contributed by atoms with Crippen molar-refractivity contribution in [2.45, 2.75) is 6.92 Å². The zero-order valence-corrected chi connectivity index (χ0v) is 12.8. The number of nitrogens with zero attached hydrogens (tertiary/aromatic N) is 1. The summed E-state index contributed by atoms with van der Waals surface area (Å²) >= 11 is 3.52. The van der Waals surface area contributed by atoms with Crippen LogP contribution in [0.25, 0.3) is 0 Å². The minimum absolute atomic E-state index is 0.0939. The van der Waals surface area contributed by atoms with Crippen molar-refractivity contribution in [3.63, 3.8) is 0 Å².